The summed E-state index contributed by atoms with van der Waals surface area (Å²) in [5.41, 5.74) is 2.07. The number of esters is 1. The number of aliphatic hydroxyl groups excluding tert-OH is 1. The molecule has 40 heavy (non-hydrogen) atoms. The lowest BCUT2D eigenvalue weighted by Gasteiger charge is -2.29. The van der Waals surface area contributed by atoms with Gasteiger partial charge in [0.25, 0.3) is 0 Å². The summed E-state index contributed by atoms with van der Waals surface area (Å²) in [6, 6.07) is 18.8. The van der Waals surface area contributed by atoms with Crippen molar-refractivity contribution >= 4 is 17.8 Å². The van der Waals surface area contributed by atoms with Gasteiger partial charge in [0.05, 0.1) is 30.5 Å². The zero-order chi connectivity index (χ0) is 28.7. The van der Waals surface area contributed by atoms with Crippen LogP contribution in [0.2, 0.25) is 0 Å². The van der Waals surface area contributed by atoms with Crippen molar-refractivity contribution in [3.05, 3.63) is 97.1 Å². The third-order valence-electron chi connectivity index (χ3n) is 7.33. The lowest BCUT2D eigenvalue weighted by atomic mass is 9.96. The van der Waals surface area contributed by atoms with Gasteiger partial charge >= 0.3 is 5.97 Å². The monoisotopic (exact) mass is 546 g/mol. The van der Waals surface area contributed by atoms with Crippen LogP contribution in [-0.4, -0.2) is 59.6 Å². The minimum atomic E-state index is -0.573. The summed E-state index contributed by atoms with van der Waals surface area (Å²) < 4.78 is 5.73. The van der Waals surface area contributed by atoms with Crippen LogP contribution in [0.3, 0.4) is 0 Å². The Hall–Kier alpha value is -3.71. The maximum absolute atomic E-state index is 13.5. The normalized spacial score (nSPS) is 16.9. The van der Waals surface area contributed by atoms with Crippen molar-refractivity contribution < 1.29 is 24.2 Å². The lowest BCUT2D eigenvalue weighted by molar-refractivity contribution is -0.152. The molecule has 0 radical (unpaired) electrons. The van der Waals surface area contributed by atoms with Gasteiger partial charge < -0.3 is 20.1 Å². The highest BCUT2D eigenvalue weighted by molar-refractivity contribution is 5.86. The van der Waals surface area contributed by atoms with Crippen molar-refractivity contribution in [2.45, 2.75) is 57.0 Å². The Morgan fingerprint density at radius 1 is 0.950 bits per heavy atom. The summed E-state index contributed by atoms with van der Waals surface area (Å²) in [6.07, 6.45) is 6.86. The Kier molecular flexibility index (Phi) is 12.6. The largest absolute Gasteiger partial charge is 0.463 e. The molecule has 0 aromatic heterocycles. The highest BCUT2D eigenvalue weighted by Crippen LogP contribution is 2.24. The van der Waals surface area contributed by atoms with Gasteiger partial charge in [-0.3, -0.25) is 14.4 Å². The molecule has 0 unspecified atom stereocenters. The van der Waals surface area contributed by atoms with E-state index in [1.807, 2.05) is 60.7 Å². The van der Waals surface area contributed by atoms with E-state index in [9.17, 15) is 19.5 Å². The van der Waals surface area contributed by atoms with Gasteiger partial charge in [-0.05, 0) is 49.7 Å². The molecule has 1 aliphatic heterocycles. The Morgan fingerprint density at radius 3 is 2.15 bits per heavy atom. The first kappa shape index (κ1) is 30.8. The molecule has 2 aromatic rings. The molecule has 2 N–H and O–H groups in total. The van der Waals surface area contributed by atoms with E-state index >= 15 is 0 Å². The number of likely N-dealkylation sites (tertiary alicyclic amines) is 1. The molecule has 0 aliphatic carbocycles. The van der Waals surface area contributed by atoms with Crippen LogP contribution in [0.4, 0.5) is 0 Å². The quantitative estimate of drug-likeness (QED) is 0.242. The first-order valence-corrected chi connectivity index (χ1v) is 14.1. The second kappa shape index (κ2) is 16.4. The highest BCUT2D eigenvalue weighted by Gasteiger charge is 2.35. The Morgan fingerprint density at radius 2 is 1.55 bits per heavy atom. The van der Waals surface area contributed by atoms with E-state index in [0.717, 1.165) is 24.0 Å². The van der Waals surface area contributed by atoms with E-state index in [-0.39, 0.29) is 49.4 Å². The fraction of sp³-hybridized carbons (Fsp3) is 0.424. The maximum Gasteiger partial charge on any atom is 0.309 e. The number of ether oxygens (including phenoxy) is 1. The molecule has 214 valence electrons. The van der Waals surface area contributed by atoms with E-state index < -0.39 is 12.0 Å². The van der Waals surface area contributed by atoms with Crippen molar-refractivity contribution in [1.29, 1.82) is 0 Å². The van der Waals surface area contributed by atoms with Gasteiger partial charge in [0.1, 0.15) is 6.61 Å². The lowest BCUT2D eigenvalue weighted by Crippen LogP contribution is -2.45. The smallest absolute Gasteiger partial charge is 0.309 e. The maximum atomic E-state index is 13.5. The van der Waals surface area contributed by atoms with E-state index in [1.54, 1.807) is 17.1 Å². The average molecular weight is 547 g/mol. The summed E-state index contributed by atoms with van der Waals surface area (Å²) in [5.74, 6) is -1.62. The predicted octanol–water partition coefficient (Wildman–Crippen LogP) is 4.26. The molecule has 2 amide bonds. The summed E-state index contributed by atoms with van der Waals surface area (Å²) in [5, 5.41) is 12.7. The van der Waals surface area contributed by atoms with Gasteiger partial charge in [0, 0.05) is 13.0 Å². The molecule has 4 atom stereocenters. The molecule has 0 spiro atoms. The Labute approximate surface area is 237 Å². The van der Waals surface area contributed by atoms with Gasteiger partial charge in [-0.25, -0.2) is 0 Å². The summed E-state index contributed by atoms with van der Waals surface area (Å²) >= 11 is 0. The second-order valence-corrected chi connectivity index (χ2v) is 10.4. The van der Waals surface area contributed by atoms with Crippen LogP contribution in [0.25, 0.3) is 0 Å². The number of amides is 2. The van der Waals surface area contributed by atoms with Crippen LogP contribution in [0.15, 0.2) is 86.0 Å². The highest BCUT2D eigenvalue weighted by atomic mass is 16.5. The van der Waals surface area contributed by atoms with Crippen molar-refractivity contribution in [3.63, 3.8) is 0 Å². The van der Waals surface area contributed by atoms with Gasteiger partial charge in [-0.1, -0.05) is 72.8 Å². The van der Waals surface area contributed by atoms with Crippen LogP contribution >= 0.6 is 0 Å². The van der Waals surface area contributed by atoms with E-state index in [2.05, 4.69) is 18.5 Å². The fourth-order valence-electron chi connectivity index (χ4n) is 5.24. The number of aliphatic hydroxyl groups is 1. The summed E-state index contributed by atoms with van der Waals surface area (Å²) in [6.45, 7) is 8.06. The topological polar surface area (TPSA) is 95.9 Å². The van der Waals surface area contributed by atoms with Gasteiger partial charge in [0.2, 0.25) is 11.8 Å². The molecule has 3 rings (SSSR count). The zero-order valence-electron chi connectivity index (χ0n) is 23.3. The van der Waals surface area contributed by atoms with Crippen LogP contribution < -0.4 is 5.32 Å². The van der Waals surface area contributed by atoms with Crippen molar-refractivity contribution in [2.75, 3.05) is 19.8 Å². The summed E-state index contributed by atoms with van der Waals surface area (Å²) in [7, 11) is 0. The number of carbonyl (C=O) groups is 3. The fourth-order valence-corrected chi connectivity index (χ4v) is 5.24. The third kappa shape index (κ3) is 9.49. The van der Waals surface area contributed by atoms with Gasteiger partial charge in [0.15, 0.2) is 0 Å². The number of rotatable bonds is 16. The summed E-state index contributed by atoms with van der Waals surface area (Å²) in [4.78, 5) is 41.1. The third-order valence-corrected chi connectivity index (χ3v) is 7.33. The Bertz CT molecular complexity index is 1100. The number of hydrogen-bond donors (Lipinski definition) is 2. The molecule has 1 aliphatic rings. The zero-order valence-corrected chi connectivity index (χ0v) is 23.3. The van der Waals surface area contributed by atoms with Crippen LogP contribution in [-0.2, 0) is 32.0 Å². The van der Waals surface area contributed by atoms with Crippen LogP contribution in [0.5, 0.6) is 0 Å². The SMILES string of the molecule is C=CC[C@@H](Cc1ccccc1)C(=O)OC[C@@H]1CCCN1C(=O)[C@H](CC=C)CC(=O)N[C@@H](CO)Cc1ccccc1. The standard InChI is InChI=1S/C33H42N2O5/c1-3-12-27(22-31(37)34-29(23-36)21-26-16-9-6-10-17-26)32(38)35-19-11-18-30(35)24-40-33(39)28(13-4-2)20-25-14-7-5-8-15-25/h3-10,14-17,27-30,36H,1-2,11-13,18-24H2,(H,34,37)/t27-,28+,29-,30+/m1/s1. The molecule has 7 heteroatoms. The van der Waals surface area contributed by atoms with Crippen LogP contribution in [0, 0.1) is 11.8 Å². The second-order valence-electron chi connectivity index (χ2n) is 10.4. The van der Waals surface area contributed by atoms with Crippen LogP contribution in [0.1, 0.15) is 43.2 Å². The molecular weight excluding hydrogens is 504 g/mol. The molecule has 1 fully saturated rings. The number of carbonyl (C=O) groups excluding carboxylic acids is 3. The van der Waals surface area contributed by atoms with Crippen molar-refractivity contribution in [1.82, 2.24) is 10.2 Å². The minimum Gasteiger partial charge on any atom is -0.463 e. The van der Waals surface area contributed by atoms with Crippen molar-refractivity contribution in [2.24, 2.45) is 11.8 Å². The molecular formula is C33H42N2O5. The number of benzene rings is 2. The minimum absolute atomic E-state index is 0.00235. The number of hydrogen-bond acceptors (Lipinski definition) is 5. The predicted molar refractivity (Wildman–Crippen MR) is 156 cm³/mol. The molecule has 0 bridgehead atoms. The molecule has 2 aromatic carbocycles. The molecule has 0 saturated carbocycles. The average Bonchev–Trinajstić information content (AvgIpc) is 3.44. The number of allylic oxidation sites excluding steroid dienone is 2. The number of nitrogens with zero attached hydrogens (tertiary/aromatic N) is 1. The first-order chi connectivity index (χ1) is 19.4. The first-order valence-electron chi connectivity index (χ1n) is 14.1. The molecule has 7 nitrogen and oxygen atoms in total. The number of nitrogens with one attached hydrogen (secondary N) is 1. The van der Waals surface area contributed by atoms with Crippen molar-refractivity contribution in [3.8, 4) is 0 Å². The van der Waals surface area contributed by atoms with E-state index in [0.29, 0.717) is 32.2 Å². The van der Waals surface area contributed by atoms with E-state index in [1.165, 1.54) is 0 Å². The van der Waals surface area contributed by atoms with E-state index in [4.69, 9.17) is 4.74 Å². The molecule has 1 saturated heterocycles. The van der Waals surface area contributed by atoms with Gasteiger partial charge in [-0.15, -0.1) is 13.2 Å². The molecule has 1 heterocycles. The van der Waals surface area contributed by atoms with Gasteiger partial charge in [-0.2, -0.15) is 0 Å². The Balaban J connectivity index is 1.56.